The Hall–Kier alpha value is -0.530. The molecule has 2 heteroatoms. The third-order valence-electron chi connectivity index (χ3n) is 4.64. The van der Waals surface area contributed by atoms with Crippen LogP contribution in [0.2, 0.25) is 0 Å². The van der Waals surface area contributed by atoms with Gasteiger partial charge in [-0.05, 0) is 56.8 Å². The molecular weight excluding hydrogens is 210 g/mol. The Kier molecular flexibility index (Phi) is 4.11. The summed E-state index contributed by atoms with van der Waals surface area (Å²) in [6.07, 6.45) is 7.47. The van der Waals surface area contributed by atoms with Gasteiger partial charge in [0.25, 0.3) is 0 Å². The molecule has 0 aromatic heterocycles. The van der Waals surface area contributed by atoms with Gasteiger partial charge >= 0.3 is 0 Å². The molecule has 2 aliphatic rings. The molecule has 2 bridgehead atoms. The number of carbonyl (C=O) groups excluding carboxylic acids is 1. The third-order valence-corrected chi connectivity index (χ3v) is 4.64. The summed E-state index contributed by atoms with van der Waals surface area (Å²) in [6.45, 7) is 6.63. The highest BCUT2D eigenvalue weighted by Crippen LogP contribution is 2.48. The van der Waals surface area contributed by atoms with E-state index in [-0.39, 0.29) is 0 Å². The summed E-state index contributed by atoms with van der Waals surface area (Å²) in [5.41, 5.74) is 0. The fraction of sp³-hybridized carbons (Fsp3) is 0.933. The van der Waals surface area contributed by atoms with E-state index in [1.54, 1.807) is 0 Å². The molecule has 0 spiro atoms. The number of rotatable bonds is 5. The molecule has 0 saturated heterocycles. The number of nitrogens with one attached hydrogen (secondary N) is 1. The van der Waals surface area contributed by atoms with E-state index in [1.165, 1.54) is 25.7 Å². The van der Waals surface area contributed by atoms with E-state index in [2.05, 4.69) is 26.1 Å². The molecule has 0 aromatic rings. The Morgan fingerprint density at radius 2 is 1.94 bits per heavy atom. The standard InChI is InChI=1S/C15H27NO/c1-10(2)4-5-11(3)16-15(17)14-9-12-6-7-13(14)8-12/h10-14H,4-9H2,1-3H3,(H,16,17). The van der Waals surface area contributed by atoms with Gasteiger partial charge in [0.15, 0.2) is 0 Å². The van der Waals surface area contributed by atoms with E-state index >= 15 is 0 Å². The lowest BCUT2D eigenvalue weighted by Crippen LogP contribution is -2.39. The van der Waals surface area contributed by atoms with Crippen LogP contribution >= 0.6 is 0 Å². The monoisotopic (exact) mass is 237 g/mol. The van der Waals surface area contributed by atoms with Gasteiger partial charge in [0.2, 0.25) is 5.91 Å². The molecular formula is C15H27NO. The van der Waals surface area contributed by atoms with Crippen LogP contribution in [0.1, 0.15) is 59.3 Å². The average Bonchev–Trinajstić information content (AvgIpc) is 2.87. The van der Waals surface area contributed by atoms with E-state index in [9.17, 15) is 4.79 Å². The first-order chi connectivity index (χ1) is 8.06. The lowest BCUT2D eigenvalue weighted by atomic mass is 9.88. The maximum Gasteiger partial charge on any atom is 0.223 e. The normalized spacial score (nSPS) is 33.1. The number of hydrogen-bond donors (Lipinski definition) is 1. The summed E-state index contributed by atoms with van der Waals surface area (Å²) in [5.74, 6) is 2.99. The van der Waals surface area contributed by atoms with Crippen molar-refractivity contribution in [2.75, 3.05) is 0 Å². The van der Waals surface area contributed by atoms with E-state index in [0.717, 1.165) is 24.7 Å². The second kappa shape index (κ2) is 5.41. The topological polar surface area (TPSA) is 29.1 Å². The van der Waals surface area contributed by atoms with Crippen LogP contribution in [0, 0.1) is 23.7 Å². The minimum atomic E-state index is 0.341. The SMILES string of the molecule is CC(C)CCC(C)NC(=O)C1CC2CCC1C2. The largest absolute Gasteiger partial charge is 0.353 e. The number of amides is 1. The maximum atomic E-state index is 12.2. The zero-order valence-corrected chi connectivity index (χ0v) is 11.5. The maximum absolute atomic E-state index is 12.2. The average molecular weight is 237 g/mol. The van der Waals surface area contributed by atoms with E-state index in [4.69, 9.17) is 0 Å². The lowest BCUT2D eigenvalue weighted by molar-refractivity contribution is -0.127. The van der Waals surface area contributed by atoms with Gasteiger partial charge in [-0.2, -0.15) is 0 Å². The van der Waals surface area contributed by atoms with Crippen molar-refractivity contribution in [2.45, 2.75) is 65.3 Å². The lowest BCUT2D eigenvalue weighted by Gasteiger charge is -2.23. The first-order valence-electron chi connectivity index (χ1n) is 7.36. The second-order valence-electron chi connectivity index (χ2n) is 6.66. The zero-order chi connectivity index (χ0) is 12.4. The molecule has 2 saturated carbocycles. The van der Waals surface area contributed by atoms with E-state index in [1.807, 2.05) is 0 Å². The first kappa shape index (κ1) is 12.9. The molecule has 0 aliphatic heterocycles. The van der Waals surface area contributed by atoms with Gasteiger partial charge in [-0.25, -0.2) is 0 Å². The summed E-state index contributed by atoms with van der Waals surface area (Å²) >= 11 is 0. The Bertz CT molecular complexity index is 274. The highest BCUT2D eigenvalue weighted by molar-refractivity contribution is 5.79. The van der Waals surface area contributed by atoms with Crippen molar-refractivity contribution in [2.24, 2.45) is 23.7 Å². The van der Waals surface area contributed by atoms with Crippen LogP contribution in [0.15, 0.2) is 0 Å². The van der Waals surface area contributed by atoms with Crippen molar-refractivity contribution in [1.82, 2.24) is 5.32 Å². The minimum absolute atomic E-state index is 0.341. The van der Waals surface area contributed by atoms with E-state index < -0.39 is 0 Å². The summed E-state index contributed by atoms with van der Waals surface area (Å²) in [7, 11) is 0. The predicted molar refractivity (Wildman–Crippen MR) is 70.6 cm³/mol. The van der Waals surface area contributed by atoms with Crippen molar-refractivity contribution in [1.29, 1.82) is 0 Å². The molecule has 2 nitrogen and oxygen atoms in total. The Balaban J connectivity index is 1.73. The Labute approximate surface area is 106 Å². The van der Waals surface area contributed by atoms with Crippen LogP contribution in [-0.4, -0.2) is 11.9 Å². The van der Waals surface area contributed by atoms with Crippen molar-refractivity contribution in [3.63, 3.8) is 0 Å². The summed E-state index contributed by atoms with van der Waals surface area (Å²) in [6, 6.07) is 0.351. The molecule has 0 radical (unpaired) electrons. The van der Waals surface area contributed by atoms with Crippen molar-refractivity contribution in [3.8, 4) is 0 Å². The fourth-order valence-corrected chi connectivity index (χ4v) is 3.57. The van der Waals surface area contributed by atoms with Gasteiger partial charge in [0.1, 0.15) is 0 Å². The van der Waals surface area contributed by atoms with Crippen LogP contribution in [0.5, 0.6) is 0 Å². The molecule has 4 atom stereocenters. The summed E-state index contributed by atoms with van der Waals surface area (Å²) < 4.78 is 0. The van der Waals surface area contributed by atoms with E-state index in [0.29, 0.717) is 23.8 Å². The summed E-state index contributed by atoms with van der Waals surface area (Å²) in [5, 5.41) is 3.22. The Morgan fingerprint density at radius 1 is 1.18 bits per heavy atom. The highest BCUT2D eigenvalue weighted by atomic mass is 16.2. The molecule has 1 N–H and O–H groups in total. The van der Waals surface area contributed by atoms with Crippen molar-refractivity contribution in [3.05, 3.63) is 0 Å². The van der Waals surface area contributed by atoms with Crippen LogP contribution in [0.3, 0.4) is 0 Å². The van der Waals surface area contributed by atoms with Gasteiger partial charge in [-0.1, -0.05) is 20.3 Å². The Morgan fingerprint density at radius 3 is 2.47 bits per heavy atom. The van der Waals surface area contributed by atoms with Crippen molar-refractivity contribution < 1.29 is 4.79 Å². The van der Waals surface area contributed by atoms with Gasteiger partial charge < -0.3 is 5.32 Å². The number of hydrogen-bond acceptors (Lipinski definition) is 1. The highest BCUT2D eigenvalue weighted by Gasteiger charge is 2.43. The first-order valence-corrected chi connectivity index (χ1v) is 7.36. The van der Waals surface area contributed by atoms with Crippen LogP contribution in [-0.2, 0) is 4.79 Å². The van der Waals surface area contributed by atoms with Gasteiger partial charge in [-0.15, -0.1) is 0 Å². The molecule has 0 aromatic carbocycles. The molecule has 2 fully saturated rings. The number of carbonyl (C=O) groups is 1. The summed E-state index contributed by atoms with van der Waals surface area (Å²) in [4.78, 5) is 12.2. The molecule has 2 rings (SSSR count). The molecule has 4 unspecified atom stereocenters. The van der Waals surface area contributed by atoms with Crippen LogP contribution in [0.25, 0.3) is 0 Å². The fourth-order valence-electron chi connectivity index (χ4n) is 3.57. The second-order valence-corrected chi connectivity index (χ2v) is 6.66. The smallest absolute Gasteiger partial charge is 0.223 e. The molecule has 1 amide bonds. The van der Waals surface area contributed by atoms with Gasteiger partial charge in [0.05, 0.1) is 0 Å². The zero-order valence-electron chi connectivity index (χ0n) is 11.5. The molecule has 0 heterocycles. The number of fused-ring (bicyclic) bond motifs is 2. The van der Waals surface area contributed by atoms with Crippen LogP contribution in [0.4, 0.5) is 0 Å². The molecule has 2 aliphatic carbocycles. The third kappa shape index (κ3) is 3.23. The molecule has 17 heavy (non-hydrogen) atoms. The van der Waals surface area contributed by atoms with Gasteiger partial charge in [0, 0.05) is 12.0 Å². The predicted octanol–water partition coefficient (Wildman–Crippen LogP) is 3.36. The van der Waals surface area contributed by atoms with Crippen molar-refractivity contribution >= 4 is 5.91 Å². The minimum Gasteiger partial charge on any atom is -0.353 e. The molecule has 98 valence electrons. The quantitative estimate of drug-likeness (QED) is 0.780. The van der Waals surface area contributed by atoms with Crippen LogP contribution < -0.4 is 5.32 Å². The van der Waals surface area contributed by atoms with Gasteiger partial charge in [-0.3, -0.25) is 4.79 Å².